The molecule has 2 aromatic rings. The van der Waals surface area contributed by atoms with Crippen LogP contribution in [0.3, 0.4) is 0 Å². The van der Waals surface area contributed by atoms with Gasteiger partial charge in [-0.25, -0.2) is 17.1 Å². The third-order valence-corrected chi connectivity index (χ3v) is 8.37. The molecule has 2 aromatic carbocycles. The number of benzene rings is 2. The van der Waals surface area contributed by atoms with E-state index in [4.69, 9.17) is 11.6 Å². The van der Waals surface area contributed by atoms with Gasteiger partial charge in [0.2, 0.25) is 15.9 Å². The van der Waals surface area contributed by atoms with E-state index in [2.05, 4.69) is 0 Å². The summed E-state index contributed by atoms with van der Waals surface area (Å²) in [6.07, 6.45) is 1.32. The fraction of sp³-hybridized carbons (Fsp3) is 0.435. The quantitative estimate of drug-likeness (QED) is 0.659. The molecule has 2 aliphatic heterocycles. The third kappa shape index (κ3) is 5.08. The van der Waals surface area contributed by atoms with E-state index in [9.17, 15) is 17.6 Å². The minimum absolute atomic E-state index is 0.0178. The first-order chi connectivity index (χ1) is 15.3. The maximum Gasteiger partial charge on any atom is 0.227 e. The lowest BCUT2D eigenvalue weighted by Gasteiger charge is -2.39. The van der Waals surface area contributed by atoms with Gasteiger partial charge in [-0.3, -0.25) is 4.79 Å². The van der Waals surface area contributed by atoms with Crippen molar-refractivity contribution in [3.8, 4) is 0 Å². The fourth-order valence-corrected chi connectivity index (χ4v) is 6.36. The number of sulfonamides is 1. The molecule has 32 heavy (non-hydrogen) atoms. The predicted molar refractivity (Wildman–Crippen MR) is 124 cm³/mol. The van der Waals surface area contributed by atoms with E-state index in [0.29, 0.717) is 61.8 Å². The minimum atomic E-state index is -3.58. The Morgan fingerprint density at radius 1 is 1.00 bits per heavy atom. The lowest BCUT2D eigenvalue weighted by atomic mass is 9.97. The lowest BCUT2D eigenvalue weighted by Crippen LogP contribution is -2.53. The molecule has 0 bridgehead atoms. The molecule has 2 saturated heterocycles. The first kappa shape index (κ1) is 23.0. The summed E-state index contributed by atoms with van der Waals surface area (Å²) in [7, 11) is -3.58. The van der Waals surface area contributed by atoms with Crippen LogP contribution >= 0.6 is 11.6 Å². The van der Waals surface area contributed by atoms with Gasteiger partial charge in [-0.15, -0.1) is 0 Å². The van der Waals surface area contributed by atoms with Crippen molar-refractivity contribution >= 4 is 33.2 Å². The van der Waals surface area contributed by atoms with Crippen molar-refractivity contribution in [1.29, 1.82) is 0 Å². The molecule has 2 heterocycles. The smallest absolute Gasteiger partial charge is 0.227 e. The number of halogens is 2. The monoisotopic (exact) mass is 479 g/mol. The van der Waals surface area contributed by atoms with E-state index in [-0.39, 0.29) is 29.9 Å². The Hall–Kier alpha value is -2.16. The number of piperidine rings is 1. The van der Waals surface area contributed by atoms with Gasteiger partial charge in [0.1, 0.15) is 5.82 Å². The zero-order valence-corrected chi connectivity index (χ0v) is 19.4. The Kier molecular flexibility index (Phi) is 7.02. The van der Waals surface area contributed by atoms with Gasteiger partial charge < -0.3 is 9.80 Å². The summed E-state index contributed by atoms with van der Waals surface area (Å²) in [5, 5.41) is 0.424. The van der Waals surface area contributed by atoms with E-state index in [1.165, 1.54) is 10.4 Å². The van der Waals surface area contributed by atoms with Gasteiger partial charge >= 0.3 is 0 Å². The summed E-state index contributed by atoms with van der Waals surface area (Å²) in [6.45, 7) is 2.70. The topological polar surface area (TPSA) is 60.9 Å². The molecule has 0 saturated carbocycles. The maximum atomic E-state index is 14.1. The number of piperazine rings is 1. The van der Waals surface area contributed by atoms with Crippen LogP contribution < -0.4 is 4.90 Å². The molecular weight excluding hydrogens is 453 g/mol. The zero-order chi connectivity index (χ0) is 22.7. The second-order valence-corrected chi connectivity index (χ2v) is 10.7. The Labute approximate surface area is 193 Å². The number of carbonyl (C=O) groups excluding carboxylic acids is 1. The Balaban J connectivity index is 1.37. The molecular formula is C23H27ClFN3O3S. The van der Waals surface area contributed by atoms with Crippen LogP contribution in [0.1, 0.15) is 18.4 Å². The molecule has 2 aliphatic rings. The summed E-state index contributed by atoms with van der Waals surface area (Å²) in [5.41, 5.74) is 1.11. The van der Waals surface area contributed by atoms with Crippen LogP contribution in [0.25, 0.3) is 0 Å². The summed E-state index contributed by atoms with van der Waals surface area (Å²) >= 11 is 6.14. The van der Waals surface area contributed by atoms with Crippen molar-refractivity contribution in [2.45, 2.75) is 18.6 Å². The summed E-state index contributed by atoms with van der Waals surface area (Å²) in [5.74, 6) is -0.811. The first-order valence-electron chi connectivity index (χ1n) is 10.8. The average Bonchev–Trinajstić information content (AvgIpc) is 2.81. The summed E-state index contributed by atoms with van der Waals surface area (Å²) in [4.78, 5) is 16.9. The predicted octanol–water partition coefficient (Wildman–Crippen LogP) is 3.37. The molecule has 0 unspecified atom stereocenters. The van der Waals surface area contributed by atoms with Gasteiger partial charge in [-0.05, 0) is 36.6 Å². The van der Waals surface area contributed by atoms with Crippen LogP contribution in [-0.2, 0) is 20.6 Å². The Morgan fingerprint density at radius 3 is 2.41 bits per heavy atom. The third-order valence-electron chi connectivity index (χ3n) is 6.21. The molecule has 4 rings (SSSR count). The van der Waals surface area contributed by atoms with E-state index in [0.717, 1.165) is 0 Å². The normalized spacial score (nSPS) is 20.4. The summed E-state index contributed by atoms with van der Waals surface area (Å²) < 4.78 is 41.5. The number of rotatable bonds is 5. The van der Waals surface area contributed by atoms with E-state index < -0.39 is 10.0 Å². The number of carbonyl (C=O) groups is 1. The van der Waals surface area contributed by atoms with Gasteiger partial charge in [-0.1, -0.05) is 41.9 Å². The number of amides is 1. The van der Waals surface area contributed by atoms with Crippen LogP contribution in [0.15, 0.2) is 48.5 Å². The van der Waals surface area contributed by atoms with Crippen LogP contribution in [0.4, 0.5) is 10.1 Å². The molecule has 0 N–H and O–H groups in total. The number of anilines is 1. The van der Waals surface area contributed by atoms with Gasteiger partial charge in [0.15, 0.2) is 0 Å². The fourth-order valence-electron chi connectivity index (χ4n) is 4.43. The molecule has 9 heteroatoms. The lowest BCUT2D eigenvalue weighted by molar-refractivity contribution is -0.137. The van der Waals surface area contributed by atoms with Crippen molar-refractivity contribution in [1.82, 2.24) is 9.21 Å². The second-order valence-electron chi connectivity index (χ2n) is 8.31. The standard InChI is InChI=1S/C23H27ClFN3O3S/c24-20-8-2-1-6-19(20)17-32(30,31)28-11-5-7-18(16-28)23(29)27-14-12-26(13-15-27)22-10-4-3-9-21(22)25/h1-4,6,8-10,18H,5,7,11-17H2/t18-/m0/s1. The molecule has 6 nitrogen and oxygen atoms in total. The number of hydrogen-bond donors (Lipinski definition) is 0. The second kappa shape index (κ2) is 9.77. The van der Waals surface area contributed by atoms with Crippen molar-refractivity contribution in [3.63, 3.8) is 0 Å². The SMILES string of the molecule is O=C([C@H]1CCCN(S(=O)(=O)Cc2ccccc2Cl)C1)N1CCN(c2ccccc2F)CC1. The highest BCUT2D eigenvalue weighted by Crippen LogP contribution is 2.26. The van der Waals surface area contributed by atoms with Crippen LogP contribution in [0.5, 0.6) is 0 Å². The molecule has 0 aromatic heterocycles. The number of hydrogen-bond acceptors (Lipinski definition) is 4. The summed E-state index contributed by atoms with van der Waals surface area (Å²) in [6, 6.07) is 13.6. The highest BCUT2D eigenvalue weighted by molar-refractivity contribution is 7.88. The molecule has 172 valence electrons. The molecule has 2 fully saturated rings. The van der Waals surface area contributed by atoms with E-state index in [1.807, 2.05) is 4.90 Å². The average molecular weight is 480 g/mol. The molecule has 0 aliphatic carbocycles. The van der Waals surface area contributed by atoms with E-state index >= 15 is 0 Å². The maximum absolute atomic E-state index is 14.1. The van der Waals surface area contributed by atoms with Gasteiger partial charge in [0.25, 0.3) is 0 Å². The molecule has 1 atom stereocenters. The zero-order valence-electron chi connectivity index (χ0n) is 17.8. The van der Waals surface area contributed by atoms with Crippen molar-refractivity contribution < 1.29 is 17.6 Å². The van der Waals surface area contributed by atoms with Crippen LogP contribution in [-0.4, -0.2) is 62.8 Å². The Morgan fingerprint density at radius 2 is 1.69 bits per heavy atom. The molecule has 0 radical (unpaired) electrons. The van der Waals surface area contributed by atoms with Gasteiger partial charge in [0.05, 0.1) is 17.4 Å². The van der Waals surface area contributed by atoms with Crippen molar-refractivity contribution in [2.24, 2.45) is 5.92 Å². The first-order valence-corrected chi connectivity index (χ1v) is 12.8. The van der Waals surface area contributed by atoms with Crippen LogP contribution in [0.2, 0.25) is 5.02 Å². The molecule has 0 spiro atoms. The minimum Gasteiger partial charge on any atom is -0.366 e. The largest absolute Gasteiger partial charge is 0.366 e. The van der Waals surface area contributed by atoms with Gasteiger partial charge in [0, 0.05) is 44.3 Å². The molecule has 1 amide bonds. The highest BCUT2D eigenvalue weighted by Gasteiger charge is 2.35. The highest BCUT2D eigenvalue weighted by atomic mass is 35.5. The number of para-hydroxylation sites is 1. The Bertz CT molecular complexity index is 1070. The van der Waals surface area contributed by atoms with Crippen molar-refractivity contribution in [3.05, 3.63) is 64.9 Å². The van der Waals surface area contributed by atoms with Crippen molar-refractivity contribution in [2.75, 3.05) is 44.2 Å². The van der Waals surface area contributed by atoms with Crippen LogP contribution in [0, 0.1) is 11.7 Å². The number of nitrogens with zero attached hydrogens (tertiary/aromatic N) is 3. The van der Waals surface area contributed by atoms with E-state index in [1.54, 1.807) is 47.4 Å². The van der Waals surface area contributed by atoms with Gasteiger partial charge in [-0.2, -0.15) is 0 Å².